The van der Waals surface area contributed by atoms with Crippen LogP contribution in [0.15, 0.2) is 0 Å². The average Bonchev–Trinajstić information content (AvgIpc) is 1.87. The lowest BCUT2D eigenvalue weighted by molar-refractivity contribution is 0.202. The molecule has 0 aliphatic rings. The topological polar surface area (TPSA) is 79.2 Å². The quantitative estimate of drug-likeness (QED) is 0.565. The van der Waals surface area contributed by atoms with Crippen LogP contribution in [0.3, 0.4) is 0 Å². The number of hydrogen-bond acceptors (Lipinski definition) is 5. The summed E-state index contributed by atoms with van der Waals surface area (Å²) in [7, 11) is -4.36. The van der Waals surface area contributed by atoms with Crippen molar-refractivity contribution in [2.45, 2.75) is 6.92 Å². The van der Waals surface area contributed by atoms with E-state index in [4.69, 9.17) is 14.7 Å². The van der Waals surface area contributed by atoms with Crippen molar-refractivity contribution >= 4 is 16.5 Å². The highest BCUT2D eigenvalue weighted by Crippen LogP contribution is 2.60. The van der Waals surface area contributed by atoms with Crippen LogP contribution in [-0.2, 0) is 8.83 Å². The Hall–Kier alpha value is 0.660. The maximum atomic E-state index is 8.80. The zero-order valence-electron chi connectivity index (χ0n) is 5.76. The summed E-state index contributed by atoms with van der Waals surface area (Å²) >= 11 is 0. The standard InChI is InChI=1S/C3H11O5P2/c1-3-9(4)8-10(5,6)7-2/h4-6H,3H2,1-2H3/q+1. The van der Waals surface area contributed by atoms with Gasteiger partial charge in [0.15, 0.2) is 0 Å². The molecule has 0 saturated carbocycles. The van der Waals surface area contributed by atoms with E-state index in [9.17, 15) is 0 Å². The molecule has 0 rings (SSSR count). The van der Waals surface area contributed by atoms with E-state index >= 15 is 0 Å². The van der Waals surface area contributed by atoms with Crippen molar-refractivity contribution < 1.29 is 23.5 Å². The van der Waals surface area contributed by atoms with Crippen LogP contribution in [0, 0.1) is 0 Å². The van der Waals surface area contributed by atoms with Gasteiger partial charge in [0.1, 0.15) is 0 Å². The minimum absolute atomic E-state index is 0.349. The van der Waals surface area contributed by atoms with Gasteiger partial charge in [-0.15, -0.1) is 4.31 Å². The summed E-state index contributed by atoms with van der Waals surface area (Å²) in [5.74, 6) is 0. The Kier molecular flexibility index (Phi) is 4.82. The molecule has 3 N–H and O–H groups in total. The van der Waals surface area contributed by atoms with Crippen molar-refractivity contribution in [1.29, 1.82) is 0 Å². The van der Waals surface area contributed by atoms with Crippen LogP contribution >= 0.6 is 16.5 Å². The molecule has 0 aromatic carbocycles. The van der Waals surface area contributed by atoms with E-state index in [2.05, 4.69) is 8.83 Å². The van der Waals surface area contributed by atoms with E-state index in [0.29, 0.717) is 6.16 Å². The van der Waals surface area contributed by atoms with E-state index in [1.165, 1.54) is 0 Å². The SMILES string of the molecule is CCP(O)O[P+](O)(O)OC. The monoisotopic (exact) mass is 189 g/mol. The third kappa shape index (κ3) is 4.47. The first-order chi connectivity index (χ1) is 4.52. The second-order valence-electron chi connectivity index (χ2n) is 1.42. The molecular weight excluding hydrogens is 178 g/mol. The van der Waals surface area contributed by atoms with Gasteiger partial charge in [-0.2, -0.15) is 14.3 Å². The van der Waals surface area contributed by atoms with Gasteiger partial charge in [-0.25, -0.2) is 0 Å². The van der Waals surface area contributed by atoms with Gasteiger partial charge in [-0.3, -0.25) is 0 Å². The molecule has 0 aromatic rings. The molecule has 0 amide bonds. The molecule has 7 heteroatoms. The van der Waals surface area contributed by atoms with Crippen molar-refractivity contribution in [2.24, 2.45) is 0 Å². The zero-order chi connectivity index (χ0) is 8.20. The lowest BCUT2D eigenvalue weighted by atomic mass is 11.0. The largest absolute Gasteiger partial charge is 0.575 e. The molecule has 0 aliphatic heterocycles. The lowest BCUT2D eigenvalue weighted by Crippen LogP contribution is -1.95. The molecule has 10 heavy (non-hydrogen) atoms. The third-order valence-corrected chi connectivity index (χ3v) is 3.33. The molecule has 0 fully saturated rings. The molecule has 0 bridgehead atoms. The highest BCUT2D eigenvalue weighted by molar-refractivity contribution is 7.64. The summed E-state index contributed by atoms with van der Waals surface area (Å²) in [5, 5.41) is 0. The van der Waals surface area contributed by atoms with Crippen LogP contribution < -0.4 is 0 Å². The fourth-order valence-corrected chi connectivity index (χ4v) is 1.92. The fraction of sp³-hybridized carbons (Fsp3) is 1.00. The van der Waals surface area contributed by atoms with Gasteiger partial charge in [-0.1, -0.05) is 6.92 Å². The molecular formula is C3H11O5P2+. The van der Waals surface area contributed by atoms with E-state index in [1.807, 2.05) is 0 Å². The zero-order valence-corrected chi connectivity index (χ0v) is 7.55. The second-order valence-corrected chi connectivity index (χ2v) is 4.76. The van der Waals surface area contributed by atoms with Crippen molar-refractivity contribution in [1.82, 2.24) is 0 Å². The van der Waals surface area contributed by atoms with Crippen LogP contribution in [0.2, 0.25) is 0 Å². The number of rotatable bonds is 4. The Morgan fingerprint density at radius 1 is 1.50 bits per heavy atom. The van der Waals surface area contributed by atoms with Crippen molar-refractivity contribution in [3.8, 4) is 0 Å². The predicted molar refractivity (Wildman–Crippen MR) is 39.1 cm³/mol. The molecule has 0 heterocycles. The first-order valence-electron chi connectivity index (χ1n) is 2.58. The molecule has 62 valence electrons. The minimum atomic E-state index is -3.72. The van der Waals surface area contributed by atoms with Gasteiger partial charge in [0, 0.05) is 6.16 Å². The number of hydrogen-bond donors (Lipinski definition) is 3. The molecule has 0 saturated heterocycles. The molecule has 1 atom stereocenters. The molecule has 0 spiro atoms. The van der Waals surface area contributed by atoms with Gasteiger partial charge in [0.25, 0.3) is 0 Å². The maximum Gasteiger partial charge on any atom is 0.575 e. The Morgan fingerprint density at radius 3 is 2.30 bits per heavy atom. The summed E-state index contributed by atoms with van der Waals surface area (Å²) in [6, 6.07) is 0. The van der Waals surface area contributed by atoms with Crippen molar-refractivity contribution in [2.75, 3.05) is 13.3 Å². The summed E-state index contributed by atoms with van der Waals surface area (Å²) < 4.78 is 8.52. The summed E-state index contributed by atoms with van der Waals surface area (Å²) in [5.41, 5.74) is 0. The predicted octanol–water partition coefficient (Wildman–Crippen LogP) is 0.636. The Labute approximate surface area is 61.2 Å². The smallest absolute Gasteiger partial charge is 0.347 e. The second kappa shape index (κ2) is 4.52. The van der Waals surface area contributed by atoms with Crippen molar-refractivity contribution in [3.05, 3.63) is 0 Å². The summed E-state index contributed by atoms with van der Waals surface area (Å²) in [4.78, 5) is 26.2. The average molecular weight is 189 g/mol. The third-order valence-electron chi connectivity index (χ3n) is 0.709. The maximum absolute atomic E-state index is 8.80. The molecule has 0 aromatic heterocycles. The minimum Gasteiger partial charge on any atom is -0.347 e. The van der Waals surface area contributed by atoms with Gasteiger partial charge >= 0.3 is 8.17 Å². The normalized spacial score (nSPS) is 15.3. The Balaban J connectivity index is 3.64. The molecule has 1 unspecified atom stereocenters. The van der Waals surface area contributed by atoms with Gasteiger partial charge in [-0.05, 0) is 0 Å². The first kappa shape index (κ1) is 10.7. The highest BCUT2D eigenvalue weighted by atomic mass is 31.3. The van der Waals surface area contributed by atoms with Crippen molar-refractivity contribution in [3.63, 3.8) is 0 Å². The lowest BCUT2D eigenvalue weighted by Gasteiger charge is -2.08. The Bertz CT molecular complexity index is 96.9. The van der Waals surface area contributed by atoms with Crippen LogP contribution in [-0.4, -0.2) is 28.0 Å². The summed E-state index contributed by atoms with van der Waals surface area (Å²) in [6.45, 7) is 1.67. The van der Waals surface area contributed by atoms with Gasteiger partial charge in [0.05, 0.1) is 7.11 Å². The molecule has 5 nitrogen and oxygen atoms in total. The van der Waals surface area contributed by atoms with E-state index < -0.39 is 16.5 Å². The van der Waals surface area contributed by atoms with Crippen LogP contribution in [0.25, 0.3) is 0 Å². The van der Waals surface area contributed by atoms with E-state index in [0.717, 1.165) is 7.11 Å². The van der Waals surface area contributed by atoms with E-state index in [-0.39, 0.29) is 0 Å². The highest BCUT2D eigenvalue weighted by Gasteiger charge is 2.40. The molecule has 0 aliphatic carbocycles. The first-order valence-corrected chi connectivity index (χ1v) is 5.51. The van der Waals surface area contributed by atoms with Gasteiger partial charge < -0.3 is 4.89 Å². The van der Waals surface area contributed by atoms with Crippen LogP contribution in [0.1, 0.15) is 6.92 Å². The molecule has 0 radical (unpaired) electrons. The Morgan fingerprint density at radius 2 is 2.00 bits per heavy atom. The van der Waals surface area contributed by atoms with Gasteiger partial charge in [0.2, 0.25) is 8.38 Å². The van der Waals surface area contributed by atoms with Crippen LogP contribution in [0.4, 0.5) is 0 Å². The summed E-state index contributed by atoms with van der Waals surface area (Å²) in [6.07, 6.45) is 0.349. The van der Waals surface area contributed by atoms with E-state index in [1.54, 1.807) is 6.92 Å². The van der Waals surface area contributed by atoms with Crippen LogP contribution in [0.5, 0.6) is 0 Å². The fourth-order valence-electron chi connectivity index (χ4n) is 0.214.